The zero-order chi connectivity index (χ0) is 23.7. The van der Waals surface area contributed by atoms with Gasteiger partial charge in [-0.25, -0.2) is 0 Å². The molecular weight excluding hydrogens is 404 g/mol. The molecule has 0 saturated heterocycles. The van der Waals surface area contributed by atoms with E-state index < -0.39 is 34.9 Å². The van der Waals surface area contributed by atoms with E-state index in [1.807, 2.05) is 0 Å². The van der Waals surface area contributed by atoms with Gasteiger partial charge in [0.25, 0.3) is 0 Å². The SMILES string of the molecule is CC(C)CC[C@@H](O)[C@](C)(O)[C@H]1CC[C@@]2(O)C3=CC[C@@H]4C[C@H](O)[C@H](O)C[C@]4(C)[C@H]3CC[C@]12C. The van der Waals surface area contributed by atoms with E-state index in [0.717, 1.165) is 31.3 Å². The van der Waals surface area contributed by atoms with Crippen LogP contribution in [0.3, 0.4) is 0 Å². The van der Waals surface area contributed by atoms with Gasteiger partial charge in [0.2, 0.25) is 0 Å². The van der Waals surface area contributed by atoms with Crippen LogP contribution in [0.4, 0.5) is 0 Å². The molecule has 4 rings (SSSR count). The van der Waals surface area contributed by atoms with Crippen molar-refractivity contribution in [3.63, 3.8) is 0 Å². The van der Waals surface area contributed by atoms with Crippen molar-refractivity contribution in [3.8, 4) is 0 Å². The molecule has 0 aliphatic heterocycles. The molecule has 0 radical (unpaired) electrons. The molecule has 0 bridgehead atoms. The van der Waals surface area contributed by atoms with E-state index in [0.29, 0.717) is 43.9 Å². The van der Waals surface area contributed by atoms with Crippen LogP contribution in [0.5, 0.6) is 0 Å². The Hall–Kier alpha value is -0.460. The fourth-order valence-corrected chi connectivity index (χ4v) is 8.47. The Labute approximate surface area is 193 Å². The highest BCUT2D eigenvalue weighted by Crippen LogP contribution is 2.69. The Morgan fingerprint density at radius 3 is 2.44 bits per heavy atom. The summed E-state index contributed by atoms with van der Waals surface area (Å²) in [6, 6.07) is 0. The number of aliphatic hydroxyl groups excluding tert-OH is 3. The lowest BCUT2D eigenvalue weighted by Gasteiger charge is -2.61. The lowest BCUT2D eigenvalue weighted by atomic mass is 9.46. The highest BCUT2D eigenvalue weighted by molar-refractivity contribution is 5.36. The second-order valence-corrected chi connectivity index (χ2v) is 12.8. The van der Waals surface area contributed by atoms with Gasteiger partial charge in [-0.2, -0.15) is 0 Å². The molecule has 3 saturated carbocycles. The summed E-state index contributed by atoms with van der Waals surface area (Å²) in [4.78, 5) is 0. The summed E-state index contributed by atoms with van der Waals surface area (Å²) in [6.45, 7) is 10.4. The Kier molecular flexibility index (Phi) is 6.20. The average Bonchev–Trinajstić information content (AvgIpc) is 2.99. The van der Waals surface area contributed by atoms with E-state index in [9.17, 15) is 25.5 Å². The quantitative estimate of drug-likeness (QED) is 0.412. The van der Waals surface area contributed by atoms with Gasteiger partial charge in [0.05, 0.1) is 29.5 Å². The fraction of sp³-hybridized carbons (Fsp3) is 0.926. The highest BCUT2D eigenvalue weighted by atomic mass is 16.3. The minimum atomic E-state index is -1.24. The van der Waals surface area contributed by atoms with E-state index in [4.69, 9.17) is 0 Å². The summed E-state index contributed by atoms with van der Waals surface area (Å²) < 4.78 is 0. The van der Waals surface area contributed by atoms with Crippen LogP contribution in [0.15, 0.2) is 11.6 Å². The Morgan fingerprint density at radius 1 is 1.09 bits per heavy atom. The first-order valence-electron chi connectivity index (χ1n) is 13.0. The third kappa shape index (κ3) is 3.45. The van der Waals surface area contributed by atoms with Crippen LogP contribution in [0.25, 0.3) is 0 Å². The maximum atomic E-state index is 12.2. The van der Waals surface area contributed by atoms with Gasteiger partial charge in [-0.1, -0.05) is 33.8 Å². The third-order valence-corrected chi connectivity index (χ3v) is 10.7. The second-order valence-electron chi connectivity index (χ2n) is 12.8. The van der Waals surface area contributed by atoms with Crippen LogP contribution in [0.2, 0.25) is 0 Å². The molecule has 0 aromatic heterocycles. The summed E-state index contributed by atoms with van der Waals surface area (Å²) in [7, 11) is 0. The van der Waals surface area contributed by atoms with Crippen LogP contribution in [-0.4, -0.2) is 55.0 Å². The highest BCUT2D eigenvalue weighted by Gasteiger charge is 2.68. The summed E-state index contributed by atoms with van der Waals surface area (Å²) in [5.74, 6) is 0.808. The molecule has 0 aromatic carbocycles. The maximum absolute atomic E-state index is 12.2. The van der Waals surface area contributed by atoms with Crippen molar-refractivity contribution in [2.24, 2.45) is 34.5 Å². The van der Waals surface area contributed by atoms with Crippen molar-refractivity contribution in [1.29, 1.82) is 0 Å². The number of hydrogen-bond acceptors (Lipinski definition) is 5. The molecule has 0 amide bonds. The molecule has 0 aromatic rings. The third-order valence-electron chi connectivity index (χ3n) is 10.7. The molecule has 184 valence electrons. The normalized spacial score (nSPS) is 49.0. The summed E-state index contributed by atoms with van der Waals surface area (Å²) >= 11 is 0. The first-order chi connectivity index (χ1) is 14.8. The zero-order valence-electron chi connectivity index (χ0n) is 20.7. The molecule has 4 aliphatic carbocycles. The number of allylic oxidation sites excluding steroid dienone is 1. The van der Waals surface area contributed by atoms with Gasteiger partial charge in [-0.15, -0.1) is 0 Å². The smallest absolute Gasteiger partial charge is 0.0916 e. The van der Waals surface area contributed by atoms with Crippen LogP contribution in [0.1, 0.15) is 92.4 Å². The molecule has 5 nitrogen and oxygen atoms in total. The molecule has 0 unspecified atom stereocenters. The minimum absolute atomic E-state index is 0.128. The van der Waals surface area contributed by atoms with E-state index in [1.165, 1.54) is 0 Å². The van der Waals surface area contributed by atoms with Crippen molar-refractivity contribution >= 4 is 0 Å². The number of rotatable bonds is 5. The van der Waals surface area contributed by atoms with Gasteiger partial charge >= 0.3 is 0 Å². The summed E-state index contributed by atoms with van der Waals surface area (Å²) in [5.41, 5.74) is -1.75. The monoisotopic (exact) mass is 450 g/mol. The first-order valence-corrected chi connectivity index (χ1v) is 13.0. The molecule has 3 fully saturated rings. The predicted octanol–water partition coefficient (Wildman–Crippen LogP) is 3.56. The summed E-state index contributed by atoms with van der Waals surface area (Å²) in [5, 5.41) is 55.5. The molecule has 0 heterocycles. The standard InChI is InChI=1S/C27H46O5/c1-16(2)6-9-23(30)26(5,31)22-11-13-27(32)19-8-7-17-14-20(28)21(29)15-24(17,3)18(19)10-12-25(22,27)4/h8,16-18,20-23,28-32H,6-7,9-15H2,1-5H3/t17-,18+,20+,21-,22+,23-,24+,25-,26-,27-/m1/s1. The predicted molar refractivity (Wildman–Crippen MR) is 125 cm³/mol. The van der Waals surface area contributed by atoms with Crippen molar-refractivity contribution in [2.45, 2.75) is 122 Å². The van der Waals surface area contributed by atoms with Gasteiger partial charge in [0.1, 0.15) is 0 Å². The first kappa shape index (κ1) is 24.7. The lowest BCUT2D eigenvalue weighted by molar-refractivity contribution is -0.174. The van der Waals surface area contributed by atoms with Gasteiger partial charge in [-0.05, 0) is 99.4 Å². The molecule has 5 N–H and O–H groups in total. The van der Waals surface area contributed by atoms with Crippen LogP contribution < -0.4 is 0 Å². The van der Waals surface area contributed by atoms with Crippen molar-refractivity contribution < 1.29 is 25.5 Å². The topological polar surface area (TPSA) is 101 Å². The Bertz CT molecular complexity index is 746. The van der Waals surface area contributed by atoms with E-state index in [1.54, 1.807) is 6.92 Å². The van der Waals surface area contributed by atoms with Crippen LogP contribution >= 0.6 is 0 Å². The lowest BCUT2D eigenvalue weighted by Crippen LogP contribution is -2.61. The van der Waals surface area contributed by atoms with E-state index >= 15 is 0 Å². The molecule has 4 aliphatic rings. The van der Waals surface area contributed by atoms with Crippen LogP contribution in [-0.2, 0) is 0 Å². The maximum Gasteiger partial charge on any atom is 0.0916 e. The van der Waals surface area contributed by atoms with Crippen LogP contribution in [0, 0.1) is 34.5 Å². The van der Waals surface area contributed by atoms with Gasteiger partial charge in [0, 0.05) is 5.41 Å². The molecular formula is C27H46O5. The fourth-order valence-electron chi connectivity index (χ4n) is 8.47. The average molecular weight is 451 g/mol. The molecule has 5 heteroatoms. The Morgan fingerprint density at radius 2 is 1.78 bits per heavy atom. The molecule has 0 spiro atoms. The van der Waals surface area contributed by atoms with Crippen molar-refractivity contribution in [3.05, 3.63) is 11.6 Å². The largest absolute Gasteiger partial charge is 0.390 e. The zero-order valence-corrected chi connectivity index (χ0v) is 20.7. The van der Waals surface area contributed by atoms with Crippen molar-refractivity contribution in [1.82, 2.24) is 0 Å². The Balaban J connectivity index is 1.63. The number of aliphatic hydroxyl groups is 5. The second kappa shape index (κ2) is 8.05. The molecule has 32 heavy (non-hydrogen) atoms. The molecule has 10 atom stereocenters. The van der Waals surface area contributed by atoms with E-state index in [2.05, 4.69) is 33.8 Å². The van der Waals surface area contributed by atoms with E-state index in [-0.39, 0.29) is 17.3 Å². The van der Waals surface area contributed by atoms with Gasteiger partial charge < -0.3 is 25.5 Å². The van der Waals surface area contributed by atoms with Crippen molar-refractivity contribution in [2.75, 3.05) is 0 Å². The van der Waals surface area contributed by atoms with Gasteiger partial charge in [0.15, 0.2) is 0 Å². The number of fused-ring (bicyclic) bond motifs is 5. The minimum Gasteiger partial charge on any atom is -0.390 e. The van der Waals surface area contributed by atoms with Gasteiger partial charge in [-0.3, -0.25) is 0 Å². The number of hydrogen-bond donors (Lipinski definition) is 5. The summed E-state index contributed by atoms with van der Waals surface area (Å²) in [6.07, 6.45) is 6.53.